The Labute approximate surface area is 167 Å². The Hall–Kier alpha value is -1.81. The van der Waals surface area contributed by atoms with Gasteiger partial charge in [0.05, 0.1) is 16.4 Å². The van der Waals surface area contributed by atoms with Gasteiger partial charge in [-0.2, -0.15) is 0 Å². The van der Waals surface area contributed by atoms with Gasteiger partial charge in [0.2, 0.25) is 10.0 Å². The van der Waals surface area contributed by atoms with Crippen LogP contribution in [0.1, 0.15) is 28.4 Å². The van der Waals surface area contributed by atoms with Gasteiger partial charge in [-0.1, -0.05) is 12.1 Å². The highest BCUT2D eigenvalue weighted by molar-refractivity contribution is 7.89. The zero-order valence-electron chi connectivity index (χ0n) is 15.3. The Bertz CT molecular complexity index is 1080. The fraction of sp³-hybridized carbons (Fsp3) is 0.333. The summed E-state index contributed by atoms with van der Waals surface area (Å²) < 4.78 is 24.9. The van der Waals surface area contributed by atoms with Crippen LogP contribution >= 0.6 is 22.7 Å². The summed E-state index contributed by atoms with van der Waals surface area (Å²) in [5, 5.41) is 10.5. The second kappa shape index (κ2) is 8.47. The van der Waals surface area contributed by atoms with Crippen molar-refractivity contribution in [3.05, 3.63) is 61.8 Å². The van der Waals surface area contributed by atoms with Crippen LogP contribution in [0, 0.1) is 13.8 Å². The molecule has 0 unspecified atom stereocenters. The molecule has 2 N–H and O–H groups in total. The van der Waals surface area contributed by atoms with Gasteiger partial charge in [-0.25, -0.2) is 18.5 Å². The number of aryl methyl sites for hydroxylation is 3. The fourth-order valence-corrected chi connectivity index (χ4v) is 4.90. The topological polar surface area (TPSA) is 90.3 Å². The van der Waals surface area contributed by atoms with Gasteiger partial charge in [0.1, 0.15) is 0 Å². The van der Waals surface area contributed by atoms with Crippen molar-refractivity contribution < 1.29 is 8.42 Å². The van der Waals surface area contributed by atoms with E-state index in [1.54, 1.807) is 34.8 Å². The molecule has 1 aromatic carbocycles. The number of nitrogens with zero attached hydrogens (tertiary/aromatic N) is 3. The van der Waals surface area contributed by atoms with Crippen LogP contribution < -0.4 is 9.94 Å². The van der Waals surface area contributed by atoms with E-state index in [1.165, 1.54) is 22.8 Å². The van der Waals surface area contributed by atoms with Crippen molar-refractivity contribution in [1.29, 1.82) is 0 Å². The second-order valence-electron chi connectivity index (χ2n) is 6.30. The van der Waals surface area contributed by atoms with Gasteiger partial charge in [-0.3, -0.25) is 4.99 Å². The zero-order valence-corrected chi connectivity index (χ0v) is 17.7. The van der Waals surface area contributed by atoms with Crippen molar-refractivity contribution in [2.75, 3.05) is 0 Å². The summed E-state index contributed by atoms with van der Waals surface area (Å²) in [4.78, 5) is 10.3. The lowest BCUT2D eigenvalue weighted by Gasteiger charge is -2.05. The molecule has 2 heterocycles. The largest absolute Gasteiger partial charge is 0.321 e. The lowest BCUT2D eigenvalue weighted by atomic mass is 10.2. The van der Waals surface area contributed by atoms with E-state index in [2.05, 4.69) is 27.2 Å². The van der Waals surface area contributed by atoms with Gasteiger partial charge in [0.15, 0.2) is 4.80 Å². The van der Waals surface area contributed by atoms with Gasteiger partial charge >= 0.3 is 0 Å². The molecule has 0 aliphatic heterocycles. The highest BCUT2D eigenvalue weighted by atomic mass is 32.2. The van der Waals surface area contributed by atoms with Crippen molar-refractivity contribution in [2.45, 2.75) is 44.7 Å². The van der Waals surface area contributed by atoms with Crippen LogP contribution in [0.4, 0.5) is 0 Å². The summed E-state index contributed by atoms with van der Waals surface area (Å²) in [5.41, 5.74) is 3.22. The smallest absolute Gasteiger partial charge is 0.238 e. The Balaban J connectivity index is 1.67. The van der Waals surface area contributed by atoms with E-state index >= 15 is 0 Å². The fourth-order valence-electron chi connectivity index (χ4n) is 2.66. The molecule has 27 heavy (non-hydrogen) atoms. The molecule has 144 valence electrons. The number of nitrogens with two attached hydrogens (primary N) is 1. The van der Waals surface area contributed by atoms with Crippen LogP contribution in [-0.2, 0) is 29.5 Å². The molecule has 9 heteroatoms. The molecular formula is C18H22N4O2S3. The first-order valence-corrected chi connectivity index (χ1v) is 11.8. The molecule has 0 radical (unpaired) electrons. The predicted octanol–water partition coefficient (Wildman–Crippen LogP) is 3.00. The monoisotopic (exact) mass is 422 g/mol. The summed E-state index contributed by atoms with van der Waals surface area (Å²) in [7, 11) is -3.66. The van der Waals surface area contributed by atoms with Crippen LogP contribution in [-0.4, -0.2) is 18.0 Å². The van der Waals surface area contributed by atoms with Crippen molar-refractivity contribution in [3.63, 3.8) is 0 Å². The number of hydrogen-bond donors (Lipinski definition) is 1. The Morgan fingerprint density at radius 3 is 2.52 bits per heavy atom. The molecule has 0 fully saturated rings. The van der Waals surface area contributed by atoms with Crippen molar-refractivity contribution >= 4 is 32.7 Å². The predicted molar refractivity (Wildman–Crippen MR) is 109 cm³/mol. The van der Waals surface area contributed by atoms with Crippen molar-refractivity contribution in [1.82, 2.24) is 9.55 Å². The first kappa shape index (κ1) is 19.9. The van der Waals surface area contributed by atoms with E-state index in [1.807, 2.05) is 6.92 Å². The molecule has 0 bridgehead atoms. The summed E-state index contributed by atoms with van der Waals surface area (Å²) in [6.45, 7) is 5.50. The Kier molecular flexibility index (Phi) is 6.25. The first-order chi connectivity index (χ1) is 12.8. The number of thiazole rings is 2. The third kappa shape index (κ3) is 5.35. The maximum Gasteiger partial charge on any atom is 0.238 e. The maximum atomic E-state index is 11.3. The third-order valence-electron chi connectivity index (χ3n) is 4.08. The van der Waals surface area contributed by atoms with Crippen molar-refractivity contribution in [2.24, 2.45) is 10.1 Å². The number of hydrogen-bond acceptors (Lipinski definition) is 6. The van der Waals surface area contributed by atoms with E-state index in [-0.39, 0.29) is 4.90 Å². The van der Waals surface area contributed by atoms with Crippen LogP contribution in [0.2, 0.25) is 0 Å². The molecule has 0 spiro atoms. The van der Waals surface area contributed by atoms with Crippen LogP contribution in [0.15, 0.2) is 44.9 Å². The Morgan fingerprint density at radius 2 is 1.89 bits per heavy atom. The maximum absolute atomic E-state index is 11.3. The van der Waals surface area contributed by atoms with Gasteiger partial charge in [0.25, 0.3) is 0 Å². The molecule has 0 saturated carbocycles. The minimum Gasteiger partial charge on any atom is -0.321 e. The molecule has 0 aliphatic carbocycles. The zero-order chi connectivity index (χ0) is 19.4. The molecular weight excluding hydrogens is 400 g/mol. The Morgan fingerprint density at radius 1 is 1.15 bits per heavy atom. The molecule has 0 saturated heterocycles. The highest BCUT2D eigenvalue weighted by Crippen LogP contribution is 2.12. The molecule has 0 atom stereocenters. The second-order valence-corrected chi connectivity index (χ2v) is 9.64. The van der Waals surface area contributed by atoms with E-state index in [0.717, 1.165) is 35.4 Å². The number of benzene rings is 1. The normalized spacial score (nSPS) is 12.6. The van der Waals surface area contributed by atoms with Crippen molar-refractivity contribution in [3.8, 4) is 0 Å². The van der Waals surface area contributed by atoms with E-state index < -0.39 is 10.0 Å². The van der Waals surface area contributed by atoms with Gasteiger partial charge < -0.3 is 4.57 Å². The van der Waals surface area contributed by atoms with Crippen LogP contribution in [0.5, 0.6) is 0 Å². The summed E-state index contributed by atoms with van der Waals surface area (Å²) in [6.07, 6.45) is 1.98. The number of rotatable bonds is 7. The summed E-state index contributed by atoms with van der Waals surface area (Å²) >= 11 is 3.33. The van der Waals surface area contributed by atoms with E-state index in [9.17, 15) is 8.42 Å². The lowest BCUT2D eigenvalue weighted by molar-refractivity contribution is 0.597. The molecule has 6 nitrogen and oxygen atoms in total. The third-order valence-corrected chi connectivity index (χ3v) is 7.05. The van der Waals surface area contributed by atoms with Gasteiger partial charge in [-0.15, -0.1) is 22.7 Å². The van der Waals surface area contributed by atoms with Gasteiger partial charge in [0, 0.05) is 35.1 Å². The lowest BCUT2D eigenvalue weighted by Crippen LogP contribution is -2.17. The molecule has 2 aromatic heterocycles. The molecule has 3 aromatic rings. The average Bonchev–Trinajstić information content (AvgIpc) is 3.19. The van der Waals surface area contributed by atoms with E-state index in [4.69, 9.17) is 10.1 Å². The summed E-state index contributed by atoms with van der Waals surface area (Å²) in [5.74, 6) is 0. The number of sulfonamides is 1. The highest BCUT2D eigenvalue weighted by Gasteiger charge is 2.07. The average molecular weight is 423 g/mol. The molecule has 0 aliphatic rings. The first-order valence-electron chi connectivity index (χ1n) is 8.51. The minimum absolute atomic E-state index is 0.116. The molecule has 0 amide bonds. The quantitative estimate of drug-likeness (QED) is 0.634. The number of primary sulfonamides is 1. The van der Waals surface area contributed by atoms with E-state index in [0.29, 0.717) is 6.54 Å². The minimum atomic E-state index is -3.66. The number of aromatic nitrogens is 2. The molecule has 3 rings (SSSR count). The summed E-state index contributed by atoms with van der Waals surface area (Å²) in [6, 6.07) is 6.53. The standard InChI is InChI=1S/C18H22N4O2S3/c1-13-11-25-17(21-13)4-3-9-22-14(2)12-26-18(22)20-10-15-5-7-16(8-6-15)27(19,23)24/h5-8,11-12H,3-4,9-10H2,1-2H3,(H2,19,23,24). The SMILES string of the molecule is Cc1csc(CCCn2c(C)csc2=NCc2ccc(S(N)(=O)=O)cc2)n1. The van der Waals surface area contributed by atoms with Crippen LogP contribution in [0.3, 0.4) is 0 Å². The van der Waals surface area contributed by atoms with Gasteiger partial charge in [-0.05, 0) is 38.0 Å². The van der Waals surface area contributed by atoms with Crippen LogP contribution in [0.25, 0.3) is 0 Å².